The quantitative estimate of drug-likeness (QED) is 0.806. The normalized spacial score (nSPS) is 20.1. The Morgan fingerprint density at radius 2 is 1.92 bits per heavy atom. The van der Waals surface area contributed by atoms with Gasteiger partial charge in [-0.25, -0.2) is 21.8 Å². The Bertz CT molecular complexity index is 1040. The molecule has 0 spiro atoms. The lowest BCUT2D eigenvalue weighted by atomic mass is 9.79. The van der Waals surface area contributed by atoms with Gasteiger partial charge in [-0.2, -0.15) is 0 Å². The predicted octanol–water partition coefficient (Wildman–Crippen LogP) is 2.28. The Balaban J connectivity index is 1.52. The summed E-state index contributed by atoms with van der Waals surface area (Å²) in [6.07, 6.45) is 2.68. The van der Waals surface area contributed by atoms with Crippen LogP contribution in [0.1, 0.15) is 46.5 Å². The van der Waals surface area contributed by atoms with Crippen LogP contribution in [0.2, 0.25) is 0 Å². The van der Waals surface area contributed by atoms with Crippen molar-refractivity contribution in [2.75, 3.05) is 5.75 Å². The van der Waals surface area contributed by atoms with Gasteiger partial charge in [0, 0.05) is 11.8 Å². The van der Waals surface area contributed by atoms with Crippen LogP contribution in [-0.2, 0) is 26.5 Å². The number of nitrogens with one attached hydrogen (secondary N) is 1. The largest absolute Gasteiger partial charge is 0.264 e. The van der Waals surface area contributed by atoms with Crippen molar-refractivity contribution in [2.24, 2.45) is 0 Å². The molecular formula is C16H18N2O4S3. The third kappa shape index (κ3) is 3.38. The van der Waals surface area contributed by atoms with Gasteiger partial charge in [-0.05, 0) is 37.3 Å². The fraction of sp³-hybridized carbons (Fsp3) is 0.438. The summed E-state index contributed by atoms with van der Waals surface area (Å²) in [7, 11) is -8.08. The zero-order valence-corrected chi connectivity index (χ0v) is 16.0. The highest BCUT2D eigenvalue weighted by molar-refractivity contribution is 8.05. The van der Waals surface area contributed by atoms with Gasteiger partial charge in [-0.3, -0.25) is 0 Å². The minimum absolute atomic E-state index is 0.00647. The summed E-state index contributed by atoms with van der Waals surface area (Å²) < 4.78 is 51.8. The van der Waals surface area contributed by atoms with E-state index in [0.717, 1.165) is 40.3 Å². The van der Waals surface area contributed by atoms with Gasteiger partial charge in [0.25, 0.3) is 10.0 Å². The van der Waals surface area contributed by atoms with Gasteiger partial charge in [0.1, 0.15) is 0 Å². The molecule has 0 aliphatic heterocycles. The van der Waals surface area contributed by atoms with Crippen molar-refractivity contribution in [1.29, 1.82) is 0 Å². The Labute approximate surface area is 151 Å². The number of sulfonamides is 2. The van der Waals surface area contributed by atoms with Crippen molar-refractivity contribution >= 4 is 31.4 Å². The Morgan fingerprint density at radius 3 is 2.60 bits per heavy atom. The number of fused-ring (bicyclic) bond motifs is 1. The zero-order chi connectivity index (χ0) is 17.8. The van der Waals surface area contributed by atoms with Crippen molar-refractivity contribution < 1.29 is 16.8 Å². The molecule has 1 atom stereocenters. The van der Waals surface area contributed by atoms with E-state index in [1.54, 1.807) is 6.92 Å². The second-order valence-electron chi connectivity index (χ2n) is 6.67. The fourth-order valence-corrected chi connectivity index (χ4v) is 8.32. The third-order valence-corrected chi connectivity index (χ3v) is 10.1. The SMILES string of the molecule is Cc1nc(C2CC2)sc1S(=O)(=O)NS(=O)(=O)CC1Cc2ccccc21. The lowest BCUT2D eigenvalue weighted by Gasteiger charge is -2.29. The highest BCUT2D eigenvalue weighted by atomic mass is 32.3. The molecule has 1 fully saturated rings. The van der Waals surface area contributed by atoms with E-state index in [2.05, 4.69) is 4.98 Å². The molecule has 2 aliphatic rings. The molecule has 6 nitrogen and oxygen atoms in total. The number of aryl methyl sites for hydroxylation is 1. The summed E-state index contributed by atoms with van der Waals surface area (Å²) in [5, 5.41) is 0.781. The van der Waals surface area contributed by atoms with Crippen molar-refractivity contribution in [1.82, 2.24) is 9.11 Å². The van der Waals surface area contributed by atoms with Crippen LogP contribution in [0.25, 0.3) is 0 Å². The molecule has 1 aromatic carbocycles. The van der Waals surface area contributed by atoms with Gasteiger partial charge in [0.05, 0.1) is 16.5 Å². The van der Waals surface area contributed by atoms with E-state index >= 15 is 0 Å². The molecule has 9 heteroatoms. The van der Waals surface area contributed by atoms with Crippen LogP contribution in [0.15, 0.2) is 28.5 Å². The second kappa shape index (κ2) is 5.87. The number of hydrogen-bond donors (Lipinski definition) is 1. The molecular weight excluding hydrogens is 380 g/mol. The molecule has 1 aromatic heterocycles. The first-order valence-electron chi connectivity index (χ1n) is 8.06. The van der Waals surface area contributed by atoms with Gasteiger partial charge in [0.2, 0.25) is 10.0 Å². The van der Waals surface area contributed by atoms with E-state index in [9.17, 15) is 16.8 Å². The van der Waals surface area contributed by atoms with Gasteiger partial charge in [-0.15, -0.1) is 15.5 Å². The Kier molecular flexibility index (Phi) is 4.02. The lowest BCUT2D eigenvalue weighted by Crippen LogP contribution is -2.36. The second-order valence-corrected chi connectivity index (χ2v) is 11.6. The van der Waals surface area contributed by atoms with Gasteiger partial charge in [0.15, 0.2) is 4.21 Å². The fourth-order valence-electron chi connectivity index (χ4n) is 3.17. The summed E-state index contributed by atoms with van der Waals surface area (Å²) in [4.78, 5) is 4.29. The minimum atomic E-state index is -4.12. The molecule has 1 N–H and O–H groups in total. The van der Waals surface area contributed by atoms with E-state index < -0.39 is 20.0 Å². The number of aromatic nitrogens is 1. The van der Waals surface area contributed by atoms with E-state index in [1.165, 1.54) is 0 Å². The maximum absolute atomic E-state index is 12.5. The maximum Gasteiger partial charge on any atom is 0.264 e. The number of benzene rings is 1. The van der Waals surface area contributed by atoms with E-state index in [-0.39, 0.29) is 15.9 Å². The van der Waals surface area contributed by atoms with Crippen LogP contribution in [0, 0.1) is 6.92 Å². The summed E-state index contributed by atoms with van der Waals surface area (Å²) in [5.41, 5.74) is 2.47. The Morgan fingerprint density at radius 1 is 1.20 bits per heavy atom. The predicted molar refractivity (Wildman–Crippen MR) is 95.8 cm³/mol. The van der Waals surface area contributed by atoms with E-state index in [0.29, 0.717) is 18.0 Å². The average molecular weight is 399 g/mol. The highest BCUT2D eigenvalue weighted by Gasteiger charge is 2.35. The third-order valence-electron chi connectivity index (χ3n) is 4.56. The summed E-state index contributed by atoms with van der Waals surface area (Å²) in [5.74, 6) is -0.0550. The summed E-state index contributed by atoms with van der Waals surface area (Å²) in [6.45, 7) is 1.60. The summed E-state index contributed by atoms with van der Waals surface area (Å²) in [6, 6.07) is 7.63. The lowest BCUT2D eigenvalue weighted by molar-refractivity contribution is 0.566. The molecule has 25 heavy (non-hydrogen) atoms. The first-order chi connectivity index (χ1) is 11.8. The molecule has 2 aromatic rings. The highest BCUT2D eigenvalue weighted by Crippen LogP contribution is 2.43. The molecule has 0 amide bonds. The standard InChI is InChI=1S/C16H18N2O4S3/c1-10-16(23-15(17-10)11-6-7-11)25(21,22)18-24(19,20)9-13-8-12-4-2-3-5-14(12)13/h2-5,11,13,18H,6-9H2,1H3. The van der Waals surface area contributed by atoms with Crippen LogP contribution >= 0.6 is 11.3 Å². The van der Waals surface area contributed by atoms with Crippen molar-refractivity contribution in [2.45, 2.75) is 42.2 Å². The van der Waals surface area contributed by atoms with Crippen LogP contribution in [0.3, 0.4) is 0 Å². The zero-order valence-electron chi connectivity index (χ0n) is 13.6. The van der Waals surface area contributed by atoms with Crippen LogP contribution in [0.5, 0.6) is 0 Å². The van der Waals surface area contributed by atoms with Crippen LogP contribution in [0.4, 0.5) is 0 Å². The topological polar surface area (TPSA) is 93.2 Å². The van der Waals surface area contributed by atoms with Gasteiger partial charge < -0.3 is 0 Å². The molecule has 2 aliphatic carbocycles. The van der Waals surface area contributed by atoms with Gasteiger partial charge in [-0.1, -0.05) is 24.3 Å². The number of hydrogen-bond acceptors (Lipinski definition) is 6. The first-order valence-corrected chi connectivity index (χ1v) is 12.0. The van der Waals surface area contributed by atoms with E-state index in [1.807, 2.05) is 28.4 Å². The smallest absolute Gasteiger partial charge is 0.245 e. The maximum atomic E-state index is 12.5. The molecule has 134 valence electrons. The molecule has 1 unspecified atom stereocenters. The van der Waals surface area contributed by atoms with Gasteiger partial charge >= 0.3 is 0 Å². The molecule has 0 saturated heterocycles. The molecule has 4 rings (SSSR count). The molecule has 1 saturated carbocycles. The van der Waals surface area contributed by atoms with E-state index in [4.69, 9.17) is 0 Å². The van der Waals surface area contributed by atoms with Crippen molar-refractivity contribution in [3.05, 3.63) is 46.1 Å². The number of rotatable bonds is 6. The van der Waals surface area contributed by atoms with Crippen LogP contribution in [-0.4, -0.2) is 27.6 Å². The average Bonchev–Trinajstić information content (AvgIpc) is 3.26. The number of nitrogens with zero attached hydrogens (tertiary/aromatic N) is 1. The molecule has 0 radical (unpaired) electrons. The molecule has 0 bridgehead atoms. The Hall–Kier alpha value is -1.29. The summed E-state index contributed by atoms with van der Waals surface area (Å²) >= 11 is 1.08. The first kappa shape index (κ1) is 17.1. The minimum Gasteiger partial charge on any atom is -0.245 e. The van der Waals surface area contributed by atoms with Crippen LogP contribution < -0.4 is 4.13 Å². The van der Waals surface area contributed by atoms with Crippen molar-refractivity contribution in [3.63, 3.8) is 0 Å². The monoisotopic (exact) mass is 398 g/mol. The number of thiazole rings is 1. The van der Waals surface area contributed by atoms with Crippen molar-refractivity contribution in [3.8, 4) is 0 Å². The molecule has 1 heterocycles.